The Hall–Kier alpha value is -1.27. The fourth-order valence-corrected chi connectivity index (χ4v) is 3.20. The minimum absolute atomic E-state index is 0.0183. The third-order valence-corrected chi connectivity index (χ3v) is 4.48. The van der Waals surface area contributed by atoms with Crippen LogP contribution in [0.4, 0.5) is 11.4 Å². The van der Waals surface area contributed by atoms with Gasteiger partial charge in [-0.25, -0.2) is 8.42 Å². The molecule has 0 unspecified atom stereocenters. The summed E-state index contributed by atoms with van der Waals surface area (Å²) >= 11 is 0. The molecule has 0 fully saturated rings. The third kappa shape index (κ3) is 5.02. The first-order valence-corrected chi connectivity index (χ1v) is 8.45. The molecule has 20 heavy (non-hydrogen) atoms. The summed E-state index contributed by atoms with van der Waals surface area (Å²) in [5.74, 6) is -0.0183. The Bertz CT molecular complexity index is 498. The molecule has 0 spiro atoms. The minimum Gasteiger partial charge on any atom is -0.399 e. The highest BCUT2D eigenvalue weighted by atomic mass is 32.2. The SMILES string of the molecule is CCCN(c1ccc(N)cc1)S(=O)(=O)CCOC(C)C. The van der Waals surface area contributed by atoms with Crippen molar-refractivity contribution in [2.75, 3.05) is 28.9 Å². The van der Waals surface area contributed by atoms with Gasteiger partial charge in [-0.2, -0.15) is 0 Å². The zero-order valence-electron chi connectivity index (χ0n) is 12.4. The fourth-order valence-electron chi connectivity index (χ4n) is 1.77. The summed E-state index contributed by atoms with van der Waals surface area (Å²) in [6, 6.07) is 6.87. The van der Waals surface area contributed by atoms with Crippen molar-refractivity contribution >= 4 is 21.4 Å². The van der Waals surface area contributed by atoms with Gasteiger partial charge >= 0.3 is 0 Å². The Balaban J connectivity index is 2.86. The van der Waals surface area contributed by atoms with E-state index >= 15 is 0 Å². The van der Waals surface area contributed by atoms with Crippen LogP contribution in [0.2, 0.25) is 0 Å². The first-order chi connectivity index (χ1) is 9.36. The van der Waals surface area contributed by atoms with E-state index in [0.29, 0.717) is 17.9 Å². The molecule has 0 atom stereocenters. The molecule has 1 aromatic rings. The molecule has 1 aromatic carbocycles. The smallest absolute Gasteiger partial charge is 0.237 e. The number of ether oxygens (including phenoxy) is 1. The molecule has 1 rings (SSSR count). The van der Waals surface area contributed by atoms with Crippen molar-refractivity contribution in [3.63, 3.8) is 0 Å². The predicted molar refractivity (Wildman–Crippen MR) is 83.4 cm³/mol. The van der Waals surface area contributed by atoms with E-state index in [1.807, 2.05) is 20.8 Å². The first kappa shape index (κ1) is 16.8. The average Bonchev–Trinajstić information content (AvgIpc) is 2.36. The van der Waals surface area contributed by atoms with Gasteiger partial charge in [-0.05, 0) is 44.5 Å². The summed E-state index contributed by atoms with van der Waals surface area (Å²) < 4.78 is 31.6. The molecule has 0 radical (unpaired) electrons. The summed E-state index contributed by atoms with van der Waals surface area (Å²) in [4.78, 5) is 0. The van der Waals surface area contributed by atoms with Crippen LogP contribution in [0, 0.1) is 0 Å². The van der Waals surface area contributed by atoms with Crippen LogP contribution in [0.15, 0.2) is 24.3 Å². The molecular weight excluding hydrogens is 276 g/mol. The van der Waals surface area contributed by atoms with Gasteiger partial charge in [-0.3, -0.25) is 4.31 Å². The van der Waals surface area contributed by atoms with Crippen molar-refractivity contribution in [3.8, 4) is 0 Å². The van der Waals surface area contributed by atoms with Crippen molar-refractivity contribution in [1.82, 2.24) is 0 Å². The van der Waals surface area contributed by atoms with E-state index in [1.54, 1.807) is 24.3 Å². The van der Waals surface area contributed by atoms with Crippen molar-refractivity contribution in [3.05, 3.63) is 24.3 Å². The van der Waals surface area contributed by atoms with E-state index in [0.717, 1.165) is 6.42 Å². The van der Waals surface area contributed by atoms with E-state index in [2.05, 4.69) is 0 Å². The normalized spacial score (nSPS) is 11.8. The quantitative estimate of drug-likeness (QED) is 0.747. The lowest BCUT2D eigenvalue weighted by atomic mass is 10.3. The Kier molecular flexibility index (Phi) is 6.29. The van der Waals surface area contributed by atoms with E-state index < -0.39 is 10.0 Å². The second-order valence-electron chi connectivity index (χ2n) is 4.90. The van der Waals surface area contributed by atoms with Crippen LogP contribution in [0.25, 0.3) is 0 Å². The van der Waals surface area contributed by atoms with Gasteiger partial charge in [-0.15, -0.1) is 0 Å². The zero-order valence-corrected chi connectivity index (χ0v) is 13.2. The van der Waals surface area contributed by atoms with E-state index in [-0.39, 0.29) is 18.5 Å². The van der Waals surface area contributed by atoms with E-state index in [9.17, 15) is 8.42 Å². The van der Waals surface area contributed by atoms with Gasteiger partial charge in [0.2, 0.25) is 10.0 Å². The zero-order chi connectivity index (χ0) is 15.2. The maximum atomic E-state index is 12.4. The Labute approximate surface area is 121 Å². The van der Waals surface area contributed by atoms with Crippen LogP contribution in [0.1, 0.15) is 27.2 Å². The van der Waals surface area contributed by atoms with Crippen LogP contribution in [-0.4, -0.2) is 33.4 Å². The molecular formula is C14H24N2O3S. The second-order valence-corrected chi connectivity index (χ2v) is 6.91. The van der Waals surface area contributed by atoms with Gasteiger partial charge < -0.3 is 10.5 Å². The van der Waals surface area contributed by atoms with Gasteiger partial charge in [0.15, 0.2) is 0 Å². The molecule has 5 nitrogen and oxygen atoms in total. The number of hydrogen-bond acceptors (Lipinski definition) is 4. The van der Waals surface area contributed by atoms with Crippen LogP contribution >= 0.6 is 0 Å². The molecule has 114 valence electrons. The van der Waals surface area contributed by atoms with Crippen LogP contribution < -0.4 is 10.0 Å². The largest absolute Gasteiger partial charge is 0.399 e. The van der Waals surface area contributed by atoms with Crippen molar-refractivity contribution in [2.24, 2.45) is 0 Å². The van der Waals surface area contributed by atoms with Gasteiger partial charge in [0.05, 0.1) is 24.2 Å². The van der Waals surface area contributed by atoms with E-state index in [1.165, 1.54) is 4.31 Å². The number of nitrogens with zero attached hydrogens (tertiary/aromatic N) is 1. The Morgan fingerprint density at radius 3 is 2.35 bits per heavy atom. The lowest BCUT2D eigenvalue weighted by Crippen LogP contribution is -2.35. The second kappa shape index (κ2) is 7.50. The number of nitrogen functional groups attached to an aromatic ring is 1. The van der Waals surface area contributed by atoms with Gasteiger partial charge in [0.25, 0.3) is 0 Å². The van der Waals surface area contributed by atoms with Crippen molar-refractivity contribution in [2.45, 2.75) is 33.3 Å². The van der Waals surface area contributed by atoms with Gasteiger partial charge in [0, 0.05) is 12.2 Å². The van der Waals surface area contributed by atoms with Crippen LogP contribution in [0.5, 0.6) is 0 Å². The molecule has 0 aliphatic rings. The van der Waals surface area contributed by atoms with Crippen molar-refractivity contribution in [1.29, 1.82) is 0 Å². The predicted octanol–water partition coefficient (Wildman–Crippen LogP) is 2.24. The third-order valence-electron chi connectivity index (χ3n) is 2.74. The maximum Gasteiger partial charge on any atom is 0.237 e. The fraction of sp³-hybridized carbons (Fsp3) is 0.571. The standard InChI is InChI=1S/C14H24N2O3S/c1-4-9-16(14-7-5-13(15)6-8-14)20(17,18)11-10-19-12(2)3/h5-8,12H,4,9-11,15H2,1-3H3. The Morgan fingerprint density at radius 2 is 1.85 bits per heavy atom. The molecule has 0 bridgehead atoms. The number of sulfonamides is 1. The van der Waals surface area contributed by atoms with Crippen LogP contribution in [-0.2, 0) is 14.8 Å². The summed E-state index contributed by atoms with van der Waals surface area (Å²) in [7, 11) is -3.38. The van der Waals surface area contributed by atoms with E-state index in [4.69, 9.17) is 10.5 Å². The van der Waals surface area contributed by atoms with Crippen LogP contribution in [0.3, 0.4) is 0 Å². The maximum absolute atomic E-state index is 12.4. The monoisotopic (exact) mass is 300 g/mol. The number of benzene rings is 1. The Morgan fingerprint density at radius 1 is 1.25 bits per heavy atom. The summed E-state index contributed by atoms with van der Waals surface area (Å²) in [5.41, 5.74) is 6.90. The lowest BCUT2D eigenvalue weighted by molar-refractivity contribution is 0.0912. The summed E-state index contributed by atoms with van der Waals surface area (Å²) in [6.45, 7) is 6.38. The highest BCUT2D eigenvalue weighted by molar-refractivity contribution is 7.92. The summed E-state index contributed by atoms with van der Waals surface area (Å²) in [5, 5.41) is 0. The van der Waals surface area contributed by atoms with Gasteiger partial charge in [-0.1, -0.05) is 6.92 Å². The lowest BCUT2D eigenvalue weighted by Gasteiger charge is -2.24. The molecule has 0 saturated heterocycles. The molecule has 0 saturated carbocycles. The molecule has 0 amide bonds. The first-order valence-electron chi connectivity index (χ1n) is 6.84. The highest BCUT2D eigenvalue weighted by Gasteiger charge is 2.21. The van der Waals surface area contributed by atoms with Gasteiger partial charge in [0.1, 0.15) is 0 Å². The molecule has 6 heteroatoms. The molecule has 0 aliphatic heterocycles. The molecule has 2 N–H and O–H groups in total. The van der Waals surface area contributed by atoms with Crippen molar-refractivity contribution < 1.29 is 13.2 Å². The minimum atomic E-state index is -3.38. The number of anilines is 2. The number of rotatable bonds is 8. The highest BCUT2D eigenvalue weighted by Crippen LogP contribution is 2.20. The molecule has 0 heterocycles. The molecule has 0 aromatic heterocycles. The number of hydrogen-bond donors (Lipinski definition) is 1. The average molecular weight is 300 g/mol. The molecule has 0 aliphatic carbocycles. The summed E-state index contributed by atoms with van der Waals surface area (Å²) in [6.07, 6.45) is 0.774. The number of nitrogens with two attached hydrogens (primary N) is 1. The topological polar surface area (TPSA) is 72.6 Å².